The van der Waals surface area contributed by atoms with Crippen LogP contribution >= 0.6 is 15.9 Å². The lowest BCUT2D eigenvalue weighted by molar-refractivity contribution is -0.128. The zero-order chi connectivity index (χ0) is 20.2. The third-order valence-electron chi connectivity index (χ3n) is 5.82. The summed E-state index contributed by atoms with van der Waals surface area (Å²) in [6, 6.07) is 8.36. The van der Waals surface area contributed by atoms with Gasteiger partial charge in [-0.1, -0.05) is 28.1 Å². The molecule has 8 heteroatoms. The van der Waals surface area contributed by atoms with Crippen LogP contribution in [0, 0.1) is 0 Å². The van der Waals surface area contributed by atoms with Crippen LogP contribution in [-0.2, 0) is 24.4 Å². The number of anilines is 1. The SMILES string of the molecule is CN(Cc1ccc(Br)cc1)c1nnc(CN2CCCC2=O)n1CCN1CCCC1. The maximum Gasteiger partial charge on any atom is 0.227 e. The van der Waals surface area contributed by atoms with E-state index in [0.717, 1.165) is 48.8 Å². The average Bonchev–Trinajstić information content (AvgIpc) is 3.45. The zero-order valence-corrected chi connectivity index (χ0v) is 18.6. The summed E-state index contributed by atoms with van der Waals surface area (Å²) in [5, 5.41) is 9.00. The second-order valence-corrected chi connectivity index (χ2v) is 8.93. The summed E-state index contributed by atoms with van der Waals surface area (Å²) >= 11 is 3.49. The lowest BCUT2D eigenvalue weighted by Gasteiger charge is -2.23. The van der Waals surface area contributed by atoms with Crippen LogP contribution < -0.4 is 4.90 Å². The van der Waals surface area contributed by atoms with Crippen molar-refractivity contribution in [1.82, 2.24) is 24.6 Å². The molecule has 0 spiro atoms. The summed E-state index contributed by atoms with van der Waals surface area (Å²) in [6.07, 6.45) is 4.16. The van der Waals surface area contributed by atoms with E-state index in [1.165, 1.54) is 31.5 Å². The first kappa shape index (κ1) is 20.3. The van der Waals surface area contributed by atoms with Gasteiger partial charge in [0, 0.05) is 44.1 Å². The van der Waals surface area contributed by atoms with Gasteiger partial charge in [-0.15, -0.1) is 10.2 Å². The topological polar surface area (TPSA) is 57.5 Å². The van der Waals surface area contributed by atoms with E-state index in [9.17, 15) is 4.79 Å². The smallest absolute Gasteiger partial charge is 0.227 e. The number of carbonyl (C=O) groups excluding carboxylic acids is 1. The minimum atomic E-state index is 0.226. The average molecular weight is 461 g/mol. The number of amides is 1. The number of halogens is 1. The van der Waals surface area contributed by atoms with Crippen molar-refractivity contribution in [3.05, 3.63) is 40.1 Å². The predicted molar refractivity (Wildman–Crippen MR) is 117 cm³/mol. The Morgan fingerprint density at radius 2 is 1.79 bits per heavy atom. The van der Waals surface area contributed by atoms with Gasteiger partial charge in [0.2, 0.25) is 11.9 Å². The maximum atomic E-state index is 12.1. The van der Waals surface area contributed by atoms with Crippen LogP contribution in [0.5, 0.6) is 0 Å². The van der Waals surface area contributed by atoms with Gasteiger partial charge in [-0.25, -0.2) is 0 Å². The van der Waals surface area contributed by atoms with E-state index in [2.05, 4.69) is 71.8 Å². The fourth-order valence-corrected chi connectivity index (χ4v) is 4.44. The molecule has 3 heterocycles. The largest absolute Gasteiger partial charge is 0.340 e. The van der Waals surface area contributed by atoms with E-state index in [0.29, 0.717) is 13.0 Å². The lowest BCUT2D eigenvalue weighted by atomic mass is 10.2. The number of hydrogen-bond acceptors (Lipinski definition) is 5. The molecule has 0 atom stereocenters. The van der Waals surface area contributed by atoms with Gasteiger partial charge in [-0.3, -0.25) is 9.36 Å². The van der Waals surface area contributed by atoms with E-state index in [1.54, 1.807) is 0 Å². The Bertz CT molecular complexity index is 830. The van der Waals surface area contributed by atoms with Crippen LogP contribution in [0.15, 0.2) is 28.7 Å². The molecule has 0 saturated carbocycles. The molecule has 0 unspecified atom stereocenters. The van der Waals surface area contributed by atoms with Crippen LogP contribution in [-0.4, -0.2) is 63.7 Å². The third kappa shape index (κ3) is 4.98. The standard InChI is InChI=1S/C21H29BrN6O/c1-25(15-17-6-8-18(22)9-7-17)21-24-23-19(16-27-12-4-5-20(27)29)28(21)14-13-26-10-2-3-11-26/h6-9H,2-5,10-16H2,1H3. The van der Waals surface area contributed by atoms with Crippen LogP contribution in [0.2, 0.25) is 0 Å². The molecule has 0 N–H and O–H groups in total. The van der Waals surface area contributed by atoms with Crippen molar-refractivity contribution in [3.8, 4) is 0 Å². The highest BCUT2D eigenvalue weighted by Crippen LogP contribution is 2.20. The Balaban J connectivity index is 1.52. The van der Waals surface area contributed by atoms with Gasteiger partial charge in [0.1, 0.15) is 0 Å². The molecule has 0 bridgehead atoms. The number of carbonyl (C=O) groups is 1. The lowest BCUT2D eigenvalue weighted by Crippen LogP contribution is -2.30. The van der Waals surface area contributed by atoms with Gasteiger partial charge in [0.15, 0.2) is 5.82 Å². The number of nitrogens with zero attached hydrogens (tertiary/aromatic N) is 6. The van der Waals surface area contributed by atoms with E-state index >= 15 is 0 Å². The van der Waals surface area contributed by atoms with Gasteiger partial charge in [0.25, 0.3) is 0 Å². The first-order valence-electron chi connectivity index (χ1n) is 10.5. The van der Waals surface area contributed by atoms with Crippen molar-refractivity contribution in [2.45, 2.75) is 45.3 Å². The summed E-state index contributed by atoms with van der Waals surface area (Å²) in [6.45, 7) is 6.33. The molecule has 29 heavy (non-hydrogen) atoms. The molecule has 1 aromatic heterocycles. The Morgan fingerprint density at radius 3 is 2.48 bits per heavy atom. The van der Waals surface area contributed by atoms with Crippen LogP contribution in [0.25, 0.3) is 0 Å². The van der Waals surface area contributed by atoms with Gasteiger partial charge in [0.05, 0.1) is 6.54 Å². The number of aromatic nitrogens is 3. The summed E-state index contributed by atoms with van der Waals surface area (Å²) < 4.78 is 3.29. The van der Waals surface area contributed by atoms with E-state index in [1.807, 2.05) is 4.90 Å². The molecule has 2 aliphatic heterocycles. The highest BCUT2D eigenvalue weighted by atomic mass is 79.9. The molecule has 7 nitrogen and oxygen atoms in total. The molecule has 1 amide bonds. The fraction of sp³-hybridized carbons (Fsp3) is 0.571. The normalized spacial score (nSPS) is 17.4. The molecular formula is C21H29BrN6O. The molecule has 2 aliphatic rings. The first-order valence-corrected chi connectivity index (χ1v) is 11.3. The third-order valence-corrected chi connectivity index (χ3v) is 6.35. The molecule has 4 rings (SSSR count). The molecule has 0 radical (unpaired) electrons. The number of hydrogen-bond donors (Lipinski definition) is 0. The number of rotatable bonds is 8. The van der Waals surface area contributed by atoms with Gasteiger partial charge in [-0.2, -0.15) is 0 Å². The monoisotopic (exact) mass is 460 g/mol. The quantitative estimate of drug-likeness (QED) is 0.605. The van der Waals surface area contributed by atoms with Crippen molar-refractivity contribution >= 4 is 27.8 Å². The molecule has 2 fully saturated rings. The van der Waals surface area contributed by atoms with Crippen LogP contribution in [0.3, 0.4) is 0 Å². The first-order chi connectivity index (χ1) is 14.1. The number of benzene rings is 1. The molecule has 0 aliphatic carbocycles. The minimum absolute atomic E-state index is 0.226. The summed E-state index contributed by atoms with van der Waals surface area (Å²) in [4.78, 5) is 18.7. The van der Waals surface area contributed by atoms with E-state index in [-0.39, 0.29) is 5.91 Å². The van der Waals surface area contributed by atoms with Crippen molar-refractivity contribution in [2.24, 2.45) is 0 Å². The van der Waals surface area contributed by atoms with Crippen molar-refractivity contribution in [2.75, 3.05) is 38.1 Å². The Kier molecular flexibility index (Phi) is 6.50. The predicted octanol–water partition coefficient (Wildman–Crippen LogP) is 2.90. The molecule has 156 valence electrons. The summed E-state index contributed by atoms with van der Waals surface area (Å²) in [5.74, 6) is 1.98. The Morgan fingerprint density at radius 1 is 1.03 bits per heavy atom. The summed E-state index contributed by atoms with van der Waals surface area (Å²) in [7, 11) is 2.06. The van der Waals surface area contributed by atoms with Crippen LogP contribution in [0.1, 0.15) is 37.1 Å². The van der Waals surface area contributed by atoms with E-state index in [4.69, 9.17) is 0 Å². The molecule has 2 saturated heterocycles. The Labute approximate surface area is 180 Å². The zero-order valence-electron chi connectivity index (χ0n) is 17.1. The molecule has 2 aromatic rings. The number of likely N-dealkylation sites (tertiary alicyclic amines) is 2. The van der Waals surface area contributed by atoms with Crippen LogP contribution in [0.4, 0.5) is 5.95 Å². The minimum Gasteiger partial charge on any atom is -0.340 e. The fourth-order valence-electron chi connectivity index (χ4n) is 4.18. The van der Waals surface area contributed by atoms with Crippen molar-refractivity contribution < 1.29 is 4.79 Å². The second-order valence-electron chi connectivity index (χ2n) is 8.02. The maximum absolute atomic E-state index is 12.1. The van der Waals surface area contributed by atoms with Gasteiger partial charge in [-0.05, 0) is 50.0 Å². The van der Waals surface area contributed by atoms with E-state index < -0.39 is 0 Å². The highest BCUT2D eigenvalue weighted by Gasteiger charge is 2.24. The van der Waals surface area contributed by atoms with Gasteiger partial charge >= 0.3 is 0 Å². The summed E-state index contributed by atoms with van der Waals surface area (Å²) in [5.41, 5.74) is 1.22. The Hall–Kier alpha value is -1.93. The molecular weight excluding hydrogens is 432 g/mol. The van der Waals surface area contributed by atoms with Crippen molar-refractivity contribution in [3.63, 3.8) is 0 Å². The van der Waals surface area contributed by atoms with Crippen molar-refractivity contribution in [1.29, 1.82) is 0 Å². The second kappa shape index (κ2) is 9.26. The molecule has 1 aromatic carbocycles. The van der Waals surface area contributed by atoms with Gasteiger partial charge < -0.3 is 14.7 Å². The highest BCUT2D eigenvalue weighted by molar-refractivity contribution is 9.10.